The van der Waals surface area contributed by atoms with Gasteiger partial charge in [-0.15, -0.1) is 0 Å². The minimum absolute atomic E-state index is 0.0872. The van der Waals surface area contributed by atoms with Crippen molar-refractivity contribution in [3.05, 3.63) is 29.3 Å². The van der Waals surface area contributed by atoms with Gasteiger partial charge in [0.25, 0.3) is 11.8 Å². The van der Waals surface area contributed by atoms with Crippen LogP contribution in [0.3, 0.4) is 0 Å². The standard InChI is InChI=1S/C23H34N2O3/c1-4-21(28-19-10-5-6-11-19)22(26)24-20-13-12-18(15-16(20)2)23(27)25-14-8-7-9-17(25)3/h12-13,15,17,19,21H,4-11,14H2,1-3H3,(H,24,26). The highest BCUT2D eigenvalue weighted by Crippen LogP contribution is 2.25. The molecule has 1 saturated heterocycles. The number of piperidine rings is 1. The summed E-state index contributed by atoms with van der Waals surface area (Å²) in [4.78, 5) is 27.5. The first kappa shape index (κ1) is 20.8. The number of nitrogens with one attached hydrogen (secondary N) is 1. The Morgan fingerprint density at radius 1 is 1.18 bits per heavy atom. The Kier molecular flexibility index (Phi) is 7.11. The molecule has 1 aliphatic carbocycles. The molecule has 2 fully saturated rings. The molecular formula is C23H34N2O3. The molecule has 5 nitrogen and oxygen atoms in total. The van der Waals surface area contributed by atoms with Crippen LogP contribution in [0.1, 0.15) is 81.1 Å². The van der Waals surface area contributed by atoms with Crippen molar-refractivity contribution >= 4 is 17.5 Å². The maximum atomic E-state index is 12.9. The lowest BCUT2D eigenvalue weighted by Crippen LogP contribution is -2.42. The Morgan fingerprint density at radius 3 is 2.54 bits per heavy atom. The molecule has 0 spiro atoms. The smallest absolute Gasteiger partial charge is 0.254 e. The van der Waals surface area contributed by atoms with Gasteiger partial charge >= 0.3 is 0 Å². The van der Waals surface area contributed by atoms with E-state index in [1.807, 2.05) is 36.9 Å². The minimum Gasteiger partial charge on any atom is -0.365 e. The molecule has 1 aromatic carbocycles. The summed E-state index contributed by atoms with van der Waals surface area (Å²) in [6.45, 7) is 6.86. The topological polar surface area (TPSA) is 58.6 Å². The number of amides is 2. The van der Waals surface area contributed by atoms with Crippen molar-refractivity contribution in [2.24, 2.45) is 0 Å². The van der Waals surface area contributed by atoms with Gasteiger partial charge in [0.05, 0.1) is 6.10 Å². The SMILES string of the molecule is CCC(OC1CCCC1)C(=O)Nc1ccc(C(=O)N2CCCCC2C)cc1C. The second kappa shape index (κ2) is 9.55. The summed E-state index contributed by atoms with van der Waals surface area (Å²) in [5.74, 6) is -0.00888. The summed E-state index contributed by atoms with van der Waals surface area (Å²) in [5, 5.41) is 3.00. The second-order valence-corrected chi connectivity index (χ2v) is 8.30. The van der Waals surface area contributed by atoms with Crippen LogP contribution < -0.4 is 5.32 Å². The molecule has 1 N–H and O–H groups in total. The molecule has 5 heteroatoms. The first-order valence-electron chi connectivity index (χ1n) is 10.9. The summed E-state index contributed by atoms with van der Waals surface area (Å²) in [6, 6.07) is 5.85. The van der Waals surface area contributed by atoms with Gasteiger partial charge in [-0.25, -0.2) is 0 Å². The van der Waals surface area contributed by atoms with Crippen LogP contribution in [0.25, 0.3) is 0 Å². The summed E-state index contributed by atoms with van der Waals surface area (Å²) in [6.07, 6.45) is 8.26. The molecule has 3 rings (SSSR count). The maximum absolute atomic E-state index is 12.9. The Bertz CT molecular complexity index is 697. The predicted octanol–water partition coefficient (Wildman–Crippen LogP) is 4.69. The van der Waals surface area contributed by atoms with E-state index in [1.54, 1.807) is 0 Å². The van der Waals surface area contributed by atoms with Crippen molar-refractivity contribution in [3.63, 3.8) is 0 Å². The van der Waals surface area contributed by atoms with Crippen LogP contribution in [0.5, 0.6) is 0 Å². The van der Waals surface area contributed by atoms with E-state index in [0.717, 1.165) is 43.5 Å². The summed E-state index contributed by atoms with van der Waals surface area (Å²) in [5.41, 5.74) is 2.35. The highest BCUT2D eigenvalue weighted by atomic mass is 16.5. The Balaban J connectivity index is 1.64. The molecule has 1 saturated carbocycles. The van der Waals surface area contributed by atoms with Gasteiger partial charge in [0.1, 0.15) is 6.10 Å². The molecule has 1 aliphatic heterocycles. The average Bonchev–Trinajstić information content (AvgIpc) is 3.20. The zero-order valence-electron chi connectivity index (χ0n) is 17.5. The lowest BCUT2D eigenvalue weighted by molar-refractivity contribution is -0.131. The monoisotopic (exact) mass is 386 g/mol. The minimum atomic E-state index is -0.419. The van der Waals surface area contributed by atoms with Crippen molar-refractivity contribution in [2.75, 3.05) is 11.9 Å². The summed E-state index contributed by atoms with van der Waals surface area (Å²) < 4.78 is 6.01. The van der Waals surface area contributed by atoms with E-state index >= 15 is 0 Å². The van der Waals surface area contributed by atoms with E-state index in [1.165, 1.54) is 19.3 Å². The fraction of sp³-hybridized carbons (Fsp3) is 0.652. The largest absolute Gasteiger partial charge is 0.365 e. The van der Waals surface area contributed by atoms with Crippen LogP contribution in [0.15, 0.2) is 18.2 Å². The van der Waals surface area contributed by atoms with Crippen molar-refractivity contribution in [1.82, 2.24) is 4.90 Å². The molecule has 2 unspecified atom stereocenters. The summed E-state index contributed by atoms with van der Waals surface area (Å²) >= 11 is 0. The van der Waals surface area contributed by atoms with E-state index in [4.69, 9.17) is 4.74 Å². The molecule has 28 heavy (non-hydrogen) atoms. The number of rotatable bonds is 6. The molecule has 2 amide bonds. The summed E-state index contributed by atoms with van der Waals surface area (Å²) in [7, 11) is 0. The van der Waals surface area contributed by atoms with Crippen LogP contribution in [0, 0.1) is 6.92 Å². The Morgan fingerprint density at radius 2 is 1.89 bits per heavy atom. The van der Waals surface area contributed by atoms with Gasteiger partial charge in [-0.1, -0.05) is 19.8 Å². The van der Waals surface area contributed by atoms with Crippen LogP contribution in [0.4, 0.5) is 5.69 Å². The van der Waals surface area contributed by atoms with Crippen molar-refractivity contribution in [3.8, 4) is 0 Å². The Hall–Kier alpha value is -1.88. The van der Waals surface area contributed by atoms with Gasteiger partial charge in [-0.3, -0.25) is 9.59 Å². The highest BCUT2D eigenvalue weighted by Gasteiger charge is 2.26. The molecule has 1 heterocycles. The highest BCUT2D eigenvalue weighted by molar-refractivity contribution is 5.97. The molecule has 2 aliphatic rings. The molecule has 154 valence electrons. The number of aryl methyl sites for hydroxylation is 1. The van der Waals surface area contributed by atoms with Crippen LogP contribution in [-0.4, -0.2) is 41.5 Å². The fourth-order valence-corrected chi connectivity index (χ4v) is 4.32. The molecular weight excluding hydrogens is 352 g/mol. The van der Waals surface area contributed by atoms with Crippen molar-refractivity contribution in [1.29, 1.82) is 0 Å². The van der Waals surface area contributed by atoms with Crippen molar-refractivity contribution in [2.45, 2.75) is 90.4 Å². The van der Waals surface area contributed by atoms with E-state index in [0.29, 0.717) is 18.0 Å². The number of carbonyl (C=O) groups is 2. The van der Waals surface area contributed by atoms with Crippen LogP contribution in [-0.2, 0) is 9.53 Å². The number of likely N-dealkylation sites (tertiary alicyclic amines) is 1. The van der Waals surface area contributed by atoms with Gasteiger partial charge in [0, 0.05) is 23.8 Å². The van der Waals surface area contributed by atoms with E-state index in [-0.39, 0.29) is 17.9 Å². The number of anilines is 1. The number of hydrogen-bond acceptors (Lipinski definition) is 3. The van der Waals surface area contributed by atoms with Crippen molar-refractivity contribution < 1.29 is 14.3 Å². The lowest BCUT2D eigenvalue weighted by atomic mass is 10.0. The van der Waals surface area contributed by atoms with E-state index < -0.39 is 6.10 Å². The number of ether oxygens (including phenoxy) is 1. The number of nitrogens with zero attached hydrogens (tertiary/aromatic N) is 1. The Labute approximate surface area is 168 Å². The van der Waals surface area contributed by atoms with Gasteiger partial charge in [0.2, 0.25) is 0 Å². The lowest BCUT2D eigenvalue weighted by Gasteiger charge is -2.33. The normalized spacial score (nSPS) is 21.5. The third-order valence-corrected chi connectivity index (χ3v) is 6.12. The molecule has 0 aromatic heterocycles. The molecule has 1 aromatic rings. The number of carbonyl (C=O) groups excluding carboxylic acids is 2. The third-order valence-electron chi connectivity index (χ3n) is 6.12. The molecule has 2 atom stereocenters. The van der Waals surface area contributed by atoms with E-state index in [9.17, 15) is 9.59 Å². The maximum Gasteiger partial charge on any atom is 0.254 e. The van der Waals surface area contributed by atoms with Gasteiger partial charge in [-0.2, -0.15) is 0 Å². The van der Waals surface area contributed by atoms with Gasteiger partial charge in [-0.05, 0) is 76.1 Å². The molecule has 0 radical (unpaired) electrons. The zero-order chi connectivity index (χ0) is 20.1. The first-order valence-corrected chi connectivity index (χ1v) is 10.9. The number of hydrogen-bond donors (Lipinski definition) is 1. The zero-order valence-corrected chi connectivity index (χ0v) is 17.5. The predicted molar refractivity (Wildman–Crippen MR) is 112 cm³/mol. The quantitative estimate of drug-likeness (QED) is 0.772. The average molecular weight is 387 g/mol. The molecule has 0 bridgehead atoms. The van der Waals surface area contributed by atoms with Crippen LogP contribution in [0.2, 0.25) is 0 Å². The van der Waals surface area contributed by atoms with Gasteiger partial charge in [0.15, 0.2) is 0 Å². The second-order valence-electron chi connectivity index (χ2n) is 8.30. The fourth-order valence-electron chi connectivity index (χ4n) is 4.32. The first-order chi connectivity index (χ1) is 13.5. The van der Waals surface area contributed by atoms with Crippen LogP contribution >= 0.6 is 0 Å². The van der Waals surface area contributed by atoms with E-state index in [2.05, 4.69) is 12.2 Å². The van der Waals surface area contributed by atoms with Gasteiger partial charge < -0.3 is 15.0 Å². The third kappa shape index (κ3) is 4.93. The number of benzene rings is 1.